The number of benzene rings is 2. The Morgan fingerprint density at radius 3 is 2.29 bits per heavy atom. The Bertz CT molecular complexity index is 977. The highest BCUT2D eigenvalue weighted by Gasteiger charge is 2.19. The van der Waals surface area contributed by atoms with Gasteiger partial charge in [0, 0.05) is 24.0 Å². The maximum Gasteiger partial charge on any atom is 0.0589 e. The Labute approximate surface area is 186 Å². The number of hydrogen-bond acceptors (Lipinski definition) is 3. The van der Waals surface area contributed by atoms with E-state index in [1.165, 1.54) is 46.5 Å². The minimum Gasteiger partial charge on any atom is -0.384 e. The van der Waals surface area contributed by atoms with Crippen molar-refractivity contribution in [2.75, 3.05) is 0 Å². The molecule has 0 heterocycles. The maximum atomic E-state index is 8.76. The van der Waals surface area contributed by atoms with E-state index in [2.05, 4.69) is 78.2 Å². The van der Waals surface area contributed by atoms with Gasteiger partial charge in [0.25, 0.3) is 0 Å². The van der Waals surface area contributed by atoms with Crippen molar-refractivity contribution in [3.63, 3.8) is 0 Å². The molecule has 2 aliphatic carbocycles. The molecule has 2 aromatic carbocycles. The van der Waals surface area contributed by atoms with Crippen LogP contribution in [0.2, 0.25) is 0 Å². The molecule has 0 saturated heterocycles. The largest absolute Gasteiger partial charge is 0.384 e. The summed E-state index contributed by atoms with van der Waals surface area (Å²) >= 11 is 0. The summed E-state index contributed by atoms with van der Waals surface area (Å²) in [6, 6.07) is 21.3. The molecule has 1 atom stereocenters. The molecule has 31 heavy (non-hydrogen) atoms. The van der Waals surface area contributed by atoms with E-state index in [-0.39, 0.29) is 6.04 Å². The third-order valence-corrected chi connectivity index (χ3v) is 6.11. The quantitative estimate of drug-likeness (QED) is 0.408. The Morgan fingerprint density at radius 2 is 1.58 bits per heavy atom. The van der Waals surface area contributed by atoms with Gasteiger partial charge in [-0.05, 0) is 79.9 Å². The van der Waals surface area contributed by atoms with Crippen LogP contribution in [-0.4, -0.2) is 5.71 Å². The second-order valence-electron chi connectivity index (χ2n) is 8.54. The van der Waals surface area contributed by atoms with Gasteiger partial charge in [0.05, 0.1) is 5.71 Å². The van der Waals surface area contributed by atoms with Gasteiger partial charge >= 0.3 is 0 Å². The molecule has 1 fully saturated rings. The molecule has 0 aliphatic heterocycles. The van der Waals surface area contributed by atoms with Gasteiger partial charge in [0.15, 0.2) is 0 Å². The summed E-state index contributed by atoms with van der Waals surface area (Å²) in [7, 11) is 0. The molecule has 2 aromatic rings. The second kappa shape index (κ2) is 10.3. The lowest BCUT2D eigenvalue weighted by molar-refractivity contribution is 0.627. The summed E-state index contributed by atoms with van der Waals surface area (Å²) < 4.78 is 0. The summed E-state index contributed by atoms with van der Waals surface area (Å²) in [6.45, 7) is 3.02. The number of rotatable bonds is 9. The van der Waals surface area contributed by atoms with Crippen LogP contribution < -0.4 is 10.6 Å². The van der Waals surface area contributed by atoms with Crippen LogP contribution in [0.15, 0.2) is 95.4 Å². The van der Waals surface area contributed by atoms with E-state index in [0.717, 1.165) is 32.2 Å². The topological polar surface area (TPSA) is 47.9 Å². The van der Waals surface area contributed by atoms with Crippen LogP contribution in [0.1, 0.15) is 62.6 Å². The first-order valence-electron chi connectivity index (χ1n) is 11.5. The smallest absolute Gasteiger partial charge is 0.0589 e. The van der Waals surface area contributed by atoms with Gasteiger partial charge in [-0.3, -0.25) is 0 Å². The van der Waals surface area contributed by atoms with Crippen LogP contribution in [0, 0.1) is 5.41 Å². The monoisotopic (exact) mass is 411 g/mol. The highest BCUT2D eigenvalue weighted by atomic mass is 14.9. The minimum absolute atomic E-state index is 0.250. The standard InChI is InChI=1S/C28H33N3/c1-21(23-12-6-3-7-13-23)31-27(24-16-17-24)19-18-26(29)25-14-8-9-15-28(25)30-20-22-10-4-2-5-11-22/h2-7,10-13,18-19,21,29-31H,8-9,14-17,20H2,1H3/b19-18+,29-26?/t21-/m0/s1. The number of allylic oxidation sites excluding steroid dienone is 5. The lowest BCUT2D eigenvalue weighted by atomic mass is 9.92. The summed E-state index contributed by atoms with van der Waals surface area (Å²) in [5, 5.41) is 16.1. The van der Waals surface area contributed by atoms with Crippen LogP contribution in [0.5, 0.6) is 0 Å². The van der Waals surface area contributed by atoms with Crippen molar-refractivity contribution in [1.82, 2.24) is 10.6 Å². The first-order valence-corrected chi connectivity index (χ1v) is 11.5. The summed E-state index contributed by atoms with van der Waals surface area (Å²) in [4.78, 5) is 0. The zero-order chi connectivity index (χ0) is 21.5. The summed E-state index contributed by atoms with van der Waals surface area (Å²) in [5.74, 6) is 0. The Morgan fingerprint density at radius 1 is 0.903 bits per heavy atom. The van der Waals surface area contributed by atoms with E-state index in [9.17, 15) is 0 Å². The molecule has 0 bridgehead atoms. The predicted molar refractivity (Wildman–Crippen MR) is 130 cm³/mol. The Balaban J connectivity index is 1.44. The van der Waals surface area contributed by atoms with Crippen molar-refractivity contribution in [2.45, 2.75) is 58.0 Å². The third-order valence-electron chi connectivity index (χ3n) is 6.11. The molecule has 0 amide bonds. The van der Waals surface area contributed by atoms with Gasteiger partial charge in [-0.1, -0.05) is 60.7 Å². The maximum absolute atomic E-state index is 8.76. The van der Waals surface area contributed by atoms with Crippen molar-refractivity contribution < 1.29 is 0 Å². The first-order chi connectivity index (χ1) is 15.2. The predicted octanol–water partition coefficient (Wildman–Crippen LogP) is 6.58. The van der Waals surface area contributed by atoms with Gasteiger partial charge in [-0.15, -0.1) is 0 Å². The molecule has 4 rings (SSSR count). The van der Waals surface area contributed by atoms with E-state index >= 15 is 0 Å². The van der Waals surface area contributed by atoms with Crippen molar-refractivity contribution in [1.29, 1.82) is 5.41 Å². The molecule has 3 N–H and O–H groups in total. The van der Waals surface area contributed by atoms with E-state index in [0.29, 0.717) is 5.71 Å². The molecule has 0 radical (unpaired) electrons. The van der Waals surface area contributed by atoms with Crippen LogP contribution in [-0.2, 0) is 6.54 Å². The number of hydrogen-bond donors (Lipinski definition) is 3. The van der Waals surface area contributed by atoms with Gasteiger partial charge in [-0.2, -0.15) is 0 Å². The van der Waals surface area contributed by atoms with Crippen LogP contribution in [0.4, 0.5) is 0 Å². The van der Waals surface area contributed by atoms with E-state index in [1.54, 1.807) is 0 Å². The van der Waals surface area contributed by atoms with Gasteiger partial charge in [-0.25, -0.2) is 0 Å². The minimum atomic E-state index is 0.250. The van der Waals surface area contributed by atoms with Crippen LogP contribution >= 0.6 is 0 Å². The molecular formula is C28H33N3. The SMILES string of the molecule is C[C@H](NC(/C=C/C(=N)C1=C(NCc2ccccc2)CCCC1)=C1CC1)c1ccccc1. The lowest BCUT2D eigenvalue weighted by Crippen LogP contribution is -2.20. The fraction of sp³-hybridized carbons (Fsp3) is 0.321. The molecular weight excluding hydrogens is 378 g/mol. The average Bonchev–Trinajstić information content (AvgIpc) is 3.67. The summed E-state index contributed by atoms with van der Waals surface area (Å²) in [6.07, 6.45) is 10.8. The van der Waals surface area contributed by atoms with Gasteiger partial charge in [0.2, 0.25) is 0 Å². The zero-order valence-electron chi connectivity index (χ0n) is 18.5. The second-order valence-corrected chi connectivity index (χ2v) is 8.54. The van der Waals surface area contributed by atoms with Gasteiger partial charge in [0.1, 0.15) is 0 Å². The normalized spacial score (nSPS) is 16.9. The molecule has 0 spiro atoms. The molecule has 1 saturated carbocycles. The molecule has 2 aliphatic rings. The Hall–Kier alpha value is -3.07. The van der Waals surface area contributed by atoms with Crippen molar-refractivity contribution in [2.24, 2.45) is 0 Å². The molecule has 0 unspecified atom stereocenters. The lowest BCUT2D eigenvalue weighted by Gasteiger charge is -2.22. The van der Waals surface area contributed by atoms with E-state index in [1.807, 2.05) is 12.1 Å². The van der Waals surface area contributed by atoms with Crippen molar-refractivity contribution >= 4 is 5.71 Å². The highest BCUT2D eigenvalue weighted by Crippen LogP contribution is 2.32. The summed E-state index contributed by atoms with van der Waals surface area (Å²) in [5.41, 5.74) is 8.28. The van der Waals surface area contributed by atoms with Crippen molar-refractivity contribution in [3.8, 4) is 0 Å². The Kier molecular flexibility index (Phi) is 7.03. The fourth-order valence-corrected chi connectivity index (χ4v) is 4.13. The van der Waals surface area contributed by atoms with E-state index in [4.69, 9.17) is 5.41 Å². The zero-order valence-corrected chi connectivity index (χ0v) is 18.5. The van der Waals surface area contributed by atoms with Crippen molar-refractivity contribution in [3.05, 3.63) is 106 Å². The van der Waals surface area contributed by atoms with Crippen LogP contribution in [0.25, 0.3) is 0 Å². The molecule has 3 heteroatoms. The average molecular weight is 412 g/mol. The van der Waals surface area contributed by atoms with Crippen LogP contribution in [0.3, 0.4) is 0 Å². The molecule has 0 aromatic heterocycles. The molecule has 160 valence electrons. The highest BCUT2D eigenvalue weighted by molar-refractivity contribution is 6.07. The van der Waals surface area contributed by atoms with Gasteiger partial charge < -0.3 is 16.0 Å². The number of nitrogens with one attached hydrogen (secondary N) is 3. The fourth-order valence-electron chi connectivity index (χ4n) is 4.13. The van der Waals surface area contributed by atoms with E-state index < -0.39 is 0 Å². The molecule has 3 nitrogen and oxygen atoms in total. The first kappa shape index (κ1) is 21.2. The third kappa shape index (κ3) is 5.97.